The number of hydrogen-bond acceptors (Lipinski definition) is 4. The maximum atomic E-state index is 8.74. The highest BCUT2D eigenvalue weighted by atomic mass is 15.2. The average molecular weight is 188 g/mol. The second-order valence-electron chi connectivity index (χ2n) is 3.46. The highest BCUT2D eigenvalue weighted by Crippen LogP contribution is 2.42. The van der Waals surface area contributed by atoms with E-state index in [-0.39, 0.29) is 5.57 Å². The molecule has 4 heteroatoms. The van der Waals surface area contributed by atoms with E-state index in [9.17, 15) is 0 Å². The molecule has 1 aliphatic rings. The third-order valence-electron chi connectivity index (χ3n) is 2.00. The molecule has 0 aromatic carbocycles. The lowest BCUT2D eigenvalue weighted by atomic mass is 10.2. The fraction of sp³-hybridized carbons (Fsp3) is 0.400. The summed E-state index contributed by atoms with van der Waals surface area (Å²) in [5.41, 5.74) is 2.93. The molecule has 0 aromatic heterocycles. The van der Waals surface area contributed by atoms with Crippen LogP contribution < -0.4 is 0 Å². The molecule has 0 bridgehead atoms. The maximum Gasteiger partial charge on any atom is 0.141 e. The minimum absolute atomic E-state index is 0.192. The molecular weight excluding hydrogens is 176 g/mol. The van der Waals surface area contributed by atoms with E-state index in [1.807, 2.05) is 50.1 Å². The molecule has 0 fully saturated rings. The summed E-state index contributed by atoms with van der Waals surface area (Å²) in [7, 11) is 7.60. The molecule has 0 unspecified atom stereocenters. The van der Waals surface area contributed by atoms with Crippen LogP contribution in [0.15, 0.2) is 22.5 Å². The molecule has 4 nitrogen and oxygen atoms in total. The van der Waals surface area contributed by atoms with Crippen LogP contribution in [-0.4, -0.2) is 38.0 Å². The first kappa shape index (κ1) is 10.1. The van der Waals surface area contributed by atoms with Crippen molar-refractivity contribution in [3.05, 3.63) is 22.5 Å². The van der Waals surface area contributed by atoms with Gasteiger partial charge in [0.15, 0.2) is 0 Å². The van der Waals surface area contributed by atoms with Crippen molar-refractivity contribution in [1.82, 2.24) is 9.80 Å². The minimum atomic E-state index is 0.192. The fourth-order valence-corrected chi connectivity index (χ4v) is 1.41. The number of nitriles is 2. The van der Waals surface area contributed by atoms with Gasteiger partial charge in [-0.25, -0.2) is 0 Å². The highest BCUT2D eigenvalue weighted by Gasteiger charge is 2.36. The minimum Gasteiger partial charge on any atom is -0.375 e. The van der Waals surface area contributed by atoms with Crippen molar-refractivity contribution < 1.29 is 0 Å². The Kier molecular flexibility index (Phi) is 2.49. The van der Waals surface area contributed by atoms with Gasteiger partial charge in [-0.05, 0) is 0 Å². The number of allylic oxidation sites excluding steroid dienone is 3. The van der Waals surface area contributed by atoms with Crippen LogP contribution in [-0.2, 0) is 0 Å². The van der Waals surface area contributed by atoms with Crippen LogP contribution in [0.1, 0.15) is 0 Å². The molecule has 0 atom stereocenters. The topological polar surface area (TPSA) is 54.1 Å². The van der Waals surface area contributed by atoms with E-state index in [1.54, 1.807) is 0 Å². The molecule has 0 saturated heterocycles. The van der Waals surface area contributed by atoms with Crippen molar-refractivity contribution in [2.75, 3.05) is 28.2 Å². The Morgan fingerprint density at radius 3 is 1.50 bits per heavy atom. The largest absolute Gasteiger partial charge is 0.375 e. The van der Waals surface area contributed by atoms with Crippen molar-refractivity contribution in [2.24, 2.45) is 0 Å². The number of likely N-dealkylation sites (N-methyl/N-ethyl adjacent to an activating group) is 2. The Bertz CT molecular complexity index is 363. The molecule has 14 heavy (non-hydrogen) atoms. The summed E-state index contributed by atoms with van der Waals surface area (Å²) in [6, 6.07) is 3.81. The Morgan fingerprint density at radius 2 is 1.29 bits per heavy atom. The first-order valence-corrected chi connectivity index (χ1v) is 4.18. The number of hydrogen-bond donors (Lipinski definition) is 0. The summed E-state index contributed by atoms with van der Waals surface area (Å²) in [5.74, 6) is 0. The Labute approximate surface area is 83.9 Å². The SMILES string of the molecule is CN(C)C1=C(N(C)C)C1=C(C#N)C#N. The zero-order chi connectivity index (χ0) is 10.9. The van der Waals surface area contributed by atoms with Gasteiger partial charge >= 0.3 is 0 Å². The van der Waals surface area contributed by atoms with Crippen molar-refractivity contribution in [3.8, 4) is 12.1 Å². The third-order valence-corrected chi connectivity index (χ3v) is 2.00. The molecule has 0 radical (unpaired) electrons. The maximum absolute atomic E-state index is 8.74. The van der Waals surface area contributed by atoms with Gasteiger partial charge in [0.05, 0.1) is 17.0 Å². The van der Waals surface area contributed by atoms with Crippen LogP contribution in [0.5, 0.6) is 0 Å². The lowest BCUT2D eigenvalue weighted by Crippen LogP contribution is -2.06. The van der Waals surface area contributed by atoms with Gasteiger partial charge in [0.2, 0.25) is 0 Å². The molecule has 0 aliphatic heterocycles. The first-order valence-electron chi connectivity index (χ1n) is 4.18. The van der Waals surface area contributed by atoms with E-state index in [2.05, 4.69) is 0 Å². The van der Waals surface area contributed by atoms with Gasteiger partial charge in [-0.2, -0.15) is 10.5 Å². The molecule has 0 spiro atoms. The van der Waals surface area contributed by atoms with Crippen LogP contribution >= 0.6 is 0 Å². The van der Waals surface area contributed by atoms with Gasteiger partial charge in [0.1, 0.15) is 17.7 Å². The van der Waals surface area contributed by atoms with E-state index < -0.39 is 0 Å². The lowest BCUT2D eigenvalue weighted by Gasteiger charge is -2.05. The van der Waals surface area contributed by atoms with E-state index in [0.717, 1.165) is 17.0 Å². The van der Waals surface area contributed by atoms with Gasteiger partial charge in [0.25, 0.3) is 0 Å². The van der Waals surface area contributed by atoms with E-state index in [4.69, 9.17) is 10.5 Å². The quantitative estimate of drug-likeness (QED) is 0.598. The molecular formula is C10H12N4. The van der Waals surface area contributed by atoms with Crippen LogP contribution in [0.4, 0.5) is 0 Å². The average Bonchev–Trinajstić information content (AvgIpc) is 2.82. The third kappa shape index (κ3) is 1.43. The molecule has 0 amide bonds. The normalized spacial score (nSPS) is 13.1. The van der Waals surface area contributed by atoms with E-state index in [1.165, 1.54) is 0 Å². The van der Waals surface area contributed by atoms with E-state index >= 15 is 0 Å². The second-order valence-corrected chi connectivity index (χ2v) is 3.46. The van der Waals surface area contributed by atoms with Crippen molar-refractivity contribution >= 4 is 0 Å². The molecule has 72 valence electrons. The smallest absolute Gasteiger partial charge is 0.141 e. The number of rotatable bonds is 2. The van der Waals surface area contributed by atoms with Crippen molar-refractivity contribution in [2.45, 2.75) is 0 Å². The van der Waals surface area contributed by atoms with Crippen LogP contribution in [0, 0.1) is 22.7 Å². The van der Waals surface area contributed by atoms with Crippen LogP contribution in [0.2, 0.25) is 0 Å². The summed E-state index contributed by atoms with van der Waals surface area (Å²) in [5, 5.41) is 17.5. The predicted octanol–water partition coefficient (Wildman–Crippen LogP) is 0.679. The standard InChI is InChI=1S/C10H12N4/c1-13(2)9-8(7(5-11)6-12)10(9)14(3)4/h1-4H3. The summed E-state index contributed by atoms with van der Waals surface area (Å²) in [6.07, 6.45) is 0. The van der Waals surface area contributed by atoms with Gasteiger partial charge in [-0.1, -0.05) is 0 Å². The molecule has 1 aliphatic carbocycles. The second kappa shape index (κ2) is 3.43. The highest BCUT2D eigenvalue weighted by molar-refractivity contribution is 5.71. The molecule has 0 saturated carbocycles. The molecule has 1 rings (SSSR count). The molecule has 0 aromatic rings. The van der Waals surface area contributed by atoms with Crippen LogP contribution in [0.25, 0.3) is 0 Å². The van der Waals surface area contributed by atoms with Gasteiger partial charge in [-0.15, -0.1) is 0 Å². The summed E-state index contributed by atoms with van der Waals surface area (Å²) in [4.78, 5) is 3.83. The van der Waals surface area contributed by atoms with Gasteiger partial charge < -0.3 is 9.80 Å². The van der Waals surface area contributed by atoms with E-state index in [0.29, 0.717) is 0 Å². The summed E-state index contributed by atoms with van der Waals surface area (Å²) in [6.45, 7) is 0. The van der Waals surface area contributed by atoms with Gasteiger partial charge in [-0.3, -0.25) is 0 Å². The molecule has 0 heterocycles. The van der Waals surface area contributed by atoms with Crippen molar-refractivity contribution in [3.63, 3.8) is 0 Å². The monoisotopic (exact) mass is 188 g/mol. The summed E-state index contributed by atoms with van der Waals surface area (Å²) >= 11 is 0. The lowest BCUT2D eigenvalue weighted by molar-refractivity contribution is 0.512. The summed E-state index contributed by atoms with van der Waals surface area (Å²) < 4.78 is 0. The fourth-order valence-electron chi connectivity index (χ4n) is 1.41. The number of nitrogens with zero attached hydrogens (tertiary/aromatic N) is 4. The zero-order valence-corrected chi connectivity index (χ0v) is 8.79. The predicted molar refractivity (Wildman–Crippen MR) is 52.7 cm³/mol. The zero-order valence-electron chi connectivity index (χ0n) is 8.79. The first-order chi connectivity index (χ1) is 6.54. The van der Waals surface area contributed by atoms with Crippen molar-refractivity contribution in [1.29, 1.82) is 10.5 Å². The molecule has 0 N–H and O–H groups in total. The Balaban J connectivity index is 3.11. The van der Waals surface area contributed by atoms with Crippen LogP contribution in [0.3, 0.4) is 0 Å². The Hall–Kier alpha value is -1.94. The Morgan fingerprint density at radius 1 is 0.929 bits per heavy atom. The van der Waals surface area contributed by atoms with Gasteiger partial charge in [0, 0.05) is 28.2 Å².